The van der Waals surface area contributed by atoms with Gasteiger partial charge >= 0.3 is 0 Å². The van der Waals surface area contributed by atoms with Crippen molar-refractivity contribution in [1.82, 2.24) is 20.0 Å². The molecule has 6 heteroatoms. The first-order valence-corrected chi connectivity index (χ1v) is 8.13. The molecule has 0 bridgehead atoms. The summed E-state index contributed by atoms with van der Waals surface area (Å²) >= 11 is 0. The van der Waals surface area contributed by atoms with Crippen LogP contribution in [0.25, 0.3) is 0 Å². The lowest BCUT2D eigenvalue weighted by Gasteiger charge is -2.28. The van der Waals surface area contributed by atoms with Gasteiger partial charge in [-0.25, -0.2) is 0 Å². The molecule has 0 saturated carbocycles. The van der Waals surface area contributed by atoms with Crippen LogP contribution in [0.2, 0.25) is 0 Å². The summed E-state index contributed by atoms with van der Waals surface area (Å²) in [5.74, 6) is 0.540. The molecule has 0 radical (unpaired) electrons. The molecule has 2 heterocycles. The summed E-state index contributed by atoms with van der Waals surface area (Å²) in [6.45, 7) is 2.95. The van der Waals surface area contributed by atoms with Crippen LogP contribution in [0.15, 0.2) is 42.7 Å². The standard InChI is InChI=1S/C18H24N4O.ClH/c1-13-16(14-7-5-4-6-8-14)9-10-22(13)18(23)17(19-2)15-11-20-21(3)12-15;/h4-8,11-13,16-17,19H,9-10H2,1-3H3;1H. The molecule has 1 aliphatic rings. The van der Waals surface area contributed by atoms with Gasteiger partial charge in [0.25, 0.3) is 0 Å². The lowest BCUT2D eigenvalue weighted by Crippen LogP contribution is -2.42. The number of hydrogen-bond acceptors (Lipinski definition) is 3. The van der Waals surface area contributed by atoms with Crippen molar-refractivity contribution in [2.75, 3.05) is 13.6 Å². The van der Waals surface area contributed by atoms with E-state index in [-0.39, 0.29) is 30.4 Å². The molecule has 5 nitrogen and oxygen atoms in total. The van der Waals surface area contributed by atoms with E-state index in [0.29, 0.717) is 5.92 Å². The van der Waals surface area contributed by atoms with Gasteiger partial charge in [-0.3, -0.25) is 9.48 Å². The van der Waals surface area contributed by atoms with Gasteiger partial charge in [0.2, 0.25) is 5.91 Å². The Morgan fingerprint density at radius 2 is 2.04 bits per heavy atom. The van der Waals surface area contributed by atoms with Gasteiger partial charge in [0.15, 0.2) is 0 Å². The second-order valence-corrected chi connectivity index (χ2v) is 6.25. The van der Waals surface area contributed by atoms with Crippen molar-refractivity contribution < 1.29 is 4.79 Å². The molecule has 1 amide bonds. The number of halogens is 1. The summed E-state index contributed by atoms with van der Waals surface area (Å²) < 4.78 is 1.73. The largest absolute Gasteiger partial charge is 0.338 e. The smallest absolute Gasteiger partial charge is 0.244 e. The maximum absolute atomic E-state index is 13.0. The number of aromatic nitrogens is 2. The van der Waals surface area contributed by atoms with Crippen molar-refractivity contribution in [3.8, 4) is 0 Å². The van der Waals surface area contributed by atoms with Crippen LogP contribution in [-0.2, 0) is 11.8 Å². The Balaban J connectivity index is 0.00000208. The number of carbonyl (C=O) groups excluding carboxylic acids is 1. The van der Waals surface area contributed by atoms with Gasteiger partial charge in [-0.05, 0) is 26.0 Å². The van der Waals surface area contributed by atoms with E-state index in [1.165, 1.54) is 5.56 Å². The Kier molecular flexibility index (Phi) is 6.02. The maximum atomic E-state index is 13.0. The third-order valence-corrected chi connectivity index (χ3v) is 4.86. The van der Waals surface area contributed by atoms with Crippen LogP contribution in [-0.4, -0.2) is 40.2 Å². The third-order valence-electron chi connectivity index (χ3n) is 4.86. The number of aryl methyl sites for hydroxylation is 1. The van der Waals surface area contributed by atoms with Gasteiger partial charge in [-0.15, -0.1) is 12.4 Å². The normalized spacial score (nSPS) is 21.4. The molecule has 130 valence electrons. The average Bonchev–Trinajstić information content (AvgIpc) is 3.15. The molecule has 1 N–H and O–H groups in total. The van der Waals surface area contributed by atoms with Crippen LogP contribution in [0.5, 0.6) is 0 Å². The monoisotopic (exact) mass is 348 g/mol. The summed E-state index contributed by atoms with van der Waals surface area (Å²) in [6, 6.07) is 10.4. The number of rotatable bonds is 4. The highest BCUT2D eigenvalue weighted by molar-refractivity contribution is 5.85. The van der Waals surface area contributed by atoms with E-state index in [1.807, 2.05) is 31.3 Å². The Morgan fingerprint density at radius 3 is 2.62 bits per heavy atom. The second kappa shape index (κ2) is 7.81. The van der Waals surface area contributed by atoms with E-state index in [9.17, 15) is 4.79 Å². The van der Waals surface area contributed by atoms with Crippen LogP contribution >= 0.6 is 12.4 Å². The molecule has 1 saturated heterocycles. The number of benzene rings is 1. The molecular formula is C18H25ClN4O. The van der Waals surface area contributed by atoms with Crippen LogP contribution in [0.3, 0.4) is 0 Å². The number of nitrogens with one attached hydrogen (secondary N) is 1. The number of carbonyl (C=O) groups is 1. The average molecular weight is 349 g/mol. The van der Waals surface area contributed by atoms with Crippen LogP contribution in [0, 0.1) is 0 Å². The van der Waals surface area contributed by atoms with Crippen LogP contribution < -0.4 is 5.32 Å². The fourth-order valence-corrected chi connectivity index (χ4v) is 3.58. The molecule has 0 aliphatic carbocycles. The molecule has 2 aromatic rings. The quantitative estimate of drug-likeness (QED) is 0.923. The minimum Gasteiger partial charge on any atom is -0.338 e. The predicted octanol–water partition coefficient (Wildman–Crippen LogP) is 2.51. The van der Waals surface area contributed by atoms with Gasteiger partial charge in [-0.1, -0.05) is 30.3 Å². The second-order valence-electron chi connectivity index (χ2n) is 6.25. The van der Waals surface area contributed by atoms with Gasteiger partial charge in [-0.2, -0.15) is 5.10 Å². The van der Waals surface area contributed by atoms with Gasteiger partial charge in [0, 0.05) is 37.3 Å². The Hall–Kier alpha value is -1.85. The zero-order valence-corrected chi connectivity index (χ0v) is 15.2. The first kappa shape index (κ1) is 18.5. The SMILES string of the molecule is CNC(C(=O)N1CCC(c2ccccc2)C1C)c1cnn(C)c1.Cl. The van der Waals surface area contributed by atoms with E-state index >= 15 is 0 Å². The van der Waals surface area contributed by atoms with Crippen molar-refractivity contribution in [1.29, 1.82) is 0 Å². The van der Waals surface area contributed by atoms with Crippen LogP contribution in [0.1, 0.15) is 36.4 Å². The first-order chi connectivity index (χ1) is 11.1. The van der Waals surface area contributed by atoms with E-state index < -0.39 is 0 Å². The maximum Gasteiger partial charge on any atom is 0.244 e. The number of likely N-dealkylation sites (tertiary alicyclic amines) is 1. The summed E-state index contributed by atoms with van der Waals surface area (Å²) in [6.07, 6.45) is 4.67. The summed E-state index contributed by atoms with van der Waals surface area (Å²) in [4.78, 5) is 15.0. The van der Waals surface area contributed by atoms with E-state index in [2.05, 4.69) is 41.6 Å². The Bertz CT molecular complexity index is 673. The van der Waals surface area contributed by atoms with Crippen molar-refractivity contribution in [2.24, 2.45) is 7.05 Å². The number of likely N-dealkylation sites (N-methyl/N-ethyl adjacent to an activating group) is 1. The van der Waals surface area contributed by atoms with Crippen molar-refractivity contribution >= 4 is 18.3 Å². The lowest BCUT2D eigenvalue weighted by atomic mass is 9.93. The third kappa shape index (κ3) is 3.47. The molecule has 1 fully saturated rings. The summed E-state index contributed by atoms with van der Waals surface area (Å²) in [5.41, 5.74) is 2.23. The first-order valence-electron chi connectivity index (χ1n) is 8.13. The highest BCUT2D eigenvalue weighted by atomic mass is 35.5. The predicted molar refractivity (Wildman–Crippen MR) is 97.2 cm³/mol. The molecule has 1 aromatic carbocycles. The van der Waals surface area contributed by atoms with E-state index in [0.717, 1.165) is 18.5 Å². The molecule has 3 rings (SSSR count). The molecule has 1 aromatic heterocycles. The number of amides is 1. The van der Waals surface area contributed by atoms with E-state index in [1.54, 1.807) is 10.9 Å². The molecule has 0 spiro atoms. The zero-order chi connectivity index (χ0) is 16.4. The molecule has 24 heavy (non-hydrogen) atoms. The minimum absolute atomic E-state index is 0. The summed E-state index contributed by atoms with van der Waals surface area (Å²) in [5, 5.41) is 7.32. The fourth-order valence-electron chi connectivity index (χ4n) is 3.58. The van der Waals surface area contributed by atoms with Crippen molar-refractivity contribution in [3.05, 3.63) is 53.9 Å². The highest BCUT2D eigenvalue weighted by Crippen LogP contribution is 2.34. The topological polar surface area (TPSA) is 50.2 Å². The van der Waals surface area contributed by atoms with Crippen molar-refractivity contribution in [2.45, 2.75) is 31.3 Å². The zero-order valence-electron chi connectivity index (χ0n) is 14.3. The Morgan fingerprint density at radius 1 is 1.33 bits per heavy atom. The fraction of sp³-hybridized carbons (Fsp3) is 0.444. The minimum atomic E-state index is -0.333. The number of nitrogens with zero attached hydrogens (tertiary/aromatic N) is 3. The molecule has 1 aliphatic heterocycles. The lowest BCUT2D eigenvalue weighted by molar-refractivity contribution is -0.134. The van der Waals surface area contributed by atoms with E-state index in [4.69, 9.17) is 0 Å². The highest BCUT2D eigenvalue weighted by Gasteiger charge is 2.37. The van der Waals surface area contributed by atoms with Crippen LogP contribution in [0.4, 0.5) is 0 Å². The van der Waals surface area contributed by atoms with Gasteiger partial charge in [0.1, 0.15) is 6.04 Å². The molecular weight excluding hydrogens is 324 g/mol. The molecule has 3 unspecified atom stereocenters. The van der Waals surface area contributed by atoms with Crippen molar-refractivity contribution in [3.63, 3.8) is 0 Å². The molecule has 3 atom stereocenters. The van der Waals surface area contributed by atoms with Gasteiger partial charge in [0.05, 0.1) is 6.20 Å². The Labute approximate surface area is 149 Å². The summed E-state index contributed by atoms with van der Waals surface area (Å²) in [7, 11) is 3.69. The number of hydrogen-bond donors (Lipinski definition) is 1. The van der Waals surface area contributed by atoms with Gasteiger partial charge < -0.3 is 10.2 Å².